The predicted octanol–water partition coefficient (Wildman–Crippen LogP) is 7.09. The van der Waals surface area contributed by atoms with Crippen molar-refractivity contribution < 1.29 is 97.3 Å². The number of alkyl halides is 20. The van der Waals surface area contributed by atoms with Gasteiger partial charge in [0.2, 0.25) is 0 Å². The van der Waals surface area contributed by atoms with Crippen LogP contribution in [0.15, 0.2) is 12.2 Å². The Morgan fingerprint density at radius 2 is 0.892 bits per heavy atom. The fraction of sp³-hybridized carbons (Fsp3) is 0.800. The van der Waals surface area contributed by atoms with Gasteiger partial charge < -0.3 is 4.74 Å². The number of carbonyl (C=O) groups is 1. The van der Waals surface area contributed by atoms with E-state index in [0.29, 0.717) is 6.92 Å². The van der Waals surface area contributed by atoms with Gasteiger partial charge in [0.15, 0.2) is 6.67 Å². The number of rotatable bonds is 12. The summed E-state index contributed by atoms with van der Waals surface area (Å²) < 4.78 is 268. The molecule has 0 aromatic carbocycles. The van der Waals surface area contributed by atoms with E-state index in [-0.39, 0.29) is 0 Å². The van der Waals surface area contributed by atoms with Crippen LogP contribution in [0.25, 0.3) is 0 Å². The highest BCUT2D eigenvalue weighted by atomic mass is 19.4. The van der Waals surface area contributed by atoms with Crippen molar-refractivity contribution in [3.8, 4) is 0 Å². The van der Waals surface area contributed by atoms with Crippen LogP contribution in [0.3, 0.4) is 0 Å². The van der Waals surface area contributed by atoms with Crippen LogP contribution in [0.2, 0.25) is 0 Å². The molecule has 0 fully saturated rings. The molecule has 0 rings (SSSR count). The molecule has 0 radical (unpaired) electrons. The van der Waals surface area contributed by atoms with Gasteiger partial charge in [-0.25, -0.2) is 9.18 Å². The maximum atomic E-state index is 13.6. The summed E-state index contributed by atoms with van der Waals surface area (Å²) in [6.07, 6.45) is -5.49. The number of carbonyl (C=O) groups excluding carboxylic acids is 1. The second-order valence-electron chi connectivity index (χ2n) is 6.98. The smallest absolute Gasteiger partial charge is 0.385 e. The summed E-state index contributed by atoms with van der Waals surface area (Å²) >= 11 is 0. The van der Waals surface area contributed by atoms with Gasteiger partial charge in [-0.3, -0.25) is 0 Å². The first-order valence-electron chi connectivity index (χ1n) is 8.28. The molecule has 0 aromatic heterocycles. The molecule has 0 saturated heterocycles. The topological polar surface area (TPSA) is 26.3 Å². The van der Waals surface area contributed by atoms with Crippen LogP contribution in [0.4, 0.5) is 87.8 Å². The normalized spacial score (nSPS) is 16.5. The van der Waals surface area contributed by atoms with Gasteiger partial charge in [-0.05, 0) is 6.92 Å². The first-order chi connectivity index (χ1) is 15.8. The van der Waals surface area contributed by atoms with Crippen molar-refractivity contribution >= 4 is 5.97 Å². The van der Waals surface area contributed by atoms with E-state index in [1.165, 1.54) is 0 Å². The van der Waals surface area contributed by atoms with E-state index in [4.69, 9.17) is 0 Å². The summed E-state index contributed by atoms with van der Waals surface area (Å²) in [4.78, 5) is 10.8. The van der Waals surface area contributed by atoms with Gasteiger partial charge in [0, 0.05) is 5.57 Å². The molecule has 22 heteroatoms. The first kappa shape index (κ1) is 34.8. The van der Waals surface area contributed by atoms with Crippen LogP contribution in [0, 0.1) is 0 Å². The molecule has 0 heterocycles. The van der Waals surface area contributed by atoms with E-state index in [1.54, 1.807) is 0 Å². The molecule has 0 aliphatic carbocycles. The lowest BCUT2D eigenvalue weighted by Gasteiger charge is -2.44. The van der Waals surface area contributed by atoms with Crippen LogP contribution < -0.4 is 0 Å². The zero-order chi connectivity index (χ0) is 30.6. The van der Waals surface area contributed by atoms with Crippen LogP contribution >= 0.6 is 0 Å². The third-order valence-electron chi connectivity index (χ3n) is 4.26. The van der Waals surface area contributed by atoms with Crippen LogP contribution in [0.1, 0.15) is 6.92 Å². The number of hydrogen-bond acceptors (Lipinski definition) is 2. The monoisotopic (exact) mass is 600 g/mol. The summed E-state index contributed by atoms with van der Waals surface area (Å²) in [5.41, 5.74) is -1.17. The second kappa shape index (κ2) is 9.23. The van der Waals surface area contributed by atoms with E-state index in [9.17, 15) is 92.6 Å². The third-order valence-corrected chi connectivity index (χ3v) is 4.26. The molecule has 0 spiro atoms. The Kier molecular flexibility index (Phi) is 8.68. The molecule has 1 atom stereocenters. The van der Waals surface area contributed by atoms with Gasteiger partial charge in [0.1, 0.15) is 0 Å². The fourth-order valence-electron chi connectivity index (χ4n) is 1.92. The minimum atomic E-state index is -9.08. The standard InChI is InChI=1S/C15H8F20O2/c1-4(2)5(36)37-6(17)8(20,21)10(24,25)12(28,29)14(32,33)15(34,35)13(30,31)11(26,27)9(22,23)7(18,19)3-16/h6H,1,3H2,2H3. The number of esters is 1. The predicted molar refractivity (Wildman–Crippen MR) is 76.3 cm³/mol. The molecule has 37 heavy (non-hydrogen) atoms. The average Bonchev–Trinajstić information content (AvgIpc) is 2.71. The Morgan fingerprint density at radius 3 is 1.16 bits per heavy atom. The highest BCUT2D eigenvalue weighted by molar-refractivity contribution is 5.87. The summed E-state index contributed by atoms with van der Waals surface area (Å²) in [5, 5.41) is 0. The largest absolute Gasteiger partial charge is 0.421 e. The molecule has 2 nitrogen and oxygen atoms in total. The van der Waals surface area contributed by atoms with Crippen molar-refractivity contribution in [2.45, 2.75) is 66.6 Å². The maximum Gasteiger partial charge on any atom is 0.385 e. The quantitative estimate of drug-likeness (QED) is 0.136. The summed E-state index contributed by atoms with van der Waals surface area (Å²) in [6, 6.07) is 0. The van der Waals surface area contributed by atoms with Crippen molar-refractivity contribution in [3.63, 3.8) is 0 Å². The van der Waals surface area contributed by atoms with Gasteiger partial charge in [0.25, 0.3) is 0 Å². The van der Waals surface area contributed by atoms with E-state index in [1.807, 2.05) is 0 Å². The van der Waals surface area contributed by atoms with Crippen molar-refractivity contribution in [3.05, 3.63) is 12.2 Å². The minimum Gasteiger partial charge on any atom is -0.421 e. The molecule has 0 N–H and O–H groups in total. The molecule has 220 valence electrons. The van der Waals surface area contributed by atoms with Gasteiger partial charge >= 0.3 is 65.6 Å². The highest BCUT2D eigenvalue weighted by Gasteiger charge is 2.96. The minimum absolute atomic E-state index is 0.457. The van der Waals surface area contributed by atoms with E-state index >= 15 is 0 Å². The highest BCUT2D eigenvalue weighted by Crippen LogP contribution is 2.65. The summed E-state index contributed by atoms with van der Waals surface area (Å²) in [7, 11) is 0. The fourth-order valence-corrected chi connectivity index (χ4v) is 1.92. The van der Waals surface area contributed by atoms with Crippen LogP contribution in [0.5, 0.6) is 0 Å². The van der Waals surface area contributed by atoms with Crippen molar-refractivity contribution in [2.75, 3.05) is 6.67 Å². The van der Waals surface area contributed by atoms with Gasteiger partial charge in [-0.15, -0.1) is 0 Å². The number of halogens is 20. The summed E-state index contributed by atoms with van der Waals surface area (Å²) in [6.45, 7) is -1.10. The molecule has 0 aliphatic heterocycles. The molecule has 0 aliphatic rings. The van der Waals surface area contributed by atoms with Gasteiger partial charge in [-0.2, -0.15) is 83.4 Å². The molecular weight excluding hydrogens is 592 g/mol. The van der Waals surface area contributed by atoms with E-state index in [2.05, 4.69) is 11.3 Å². The molecule has 0 saturated carbocycles. The Hall–Kier alpha value is -2.19. The Morgan fingerprint density at radius 1 is 0.622 bits per heavy atom. The number of hydrogen-bond donors (Lipinski definition) is 0. The van der Waals surface area contributed by atoms with Gasteiger partial charge in [-0.1, -0.05) is 6.58 Å². The SMILES string of the molecule is C=C(C)C(=O)OC(F)C(F)(F)C(F)(F)C(F)(F)C(F)(F)C(F)(F)C(F)(F)C(F)(F)C(F)(F)C(F)(F)CF. The Balaban J connectivity index is 6.93. The lowest BCUT2D eigenvalue weighted by atomic mass is 9.86. The third kappa shape index (κ3) is 4.54. The molecule has 0 amide bonds. The molecular formula is C15H8F20O2. The summed E-state index contributed by atoms with van der Waals surface area (Å²) in [5.74, 6) is -78.4. The van der Waals surface area contributed by atoms with Crippen LogP contribution in [-0.2, 0) is 9.53 Å². The lowest BCUT2D eigenvalue weighted by molar-refractivity contribution is -0.466. The molecule has 0 bridgehead atoms. The zero-order valence-electron chi connectivity index (χ0n) is 16.9. The first-order valence-corrected chi connectivity index (χ1v) is 8.28. The van der Waals surface area contributed by atoms with Crippen molar-refractivity contribution in [1.29, 1.82) is 0 Å². The average molecular weight is 600 g/mol. The lowest BCUT2D eigenvalue weighted by Crippen LogP contribution is -2.76. The van der Waals surface area contributed by atoms with E-state index in [0.717, 1.165) is 0 Å². The zero-order valence-corrected chi connectivity index (χ0v) is 16.9. The molecule has 1 unspecified atom stereocenters. The van der Waals surface area contributed by atoms with Crippen molar-refractivity contribution in [1.82, 2.24) is 0 Å². The second-order valence-corrected chi connectivity index (χ2v) is 6.98. The maximum absolute atomic E-state index is 13.6. The van der Waals surface area contributed by atoms with E-state index < -0.39 is 77.9 Å². The number of ether oxygens (including phenoxy) is 1. The Bertz CT molecular complexity index is 875. The van der Waals surface area contributed by atoms with Crippen molar-refractivity contribution in [2.24, 2.45) is 0 Å². The molecule has 0 aromatic rings. The Labute approximate surface area is 190 Å². The van der Waals surface area contributed by atoms with Gasteiger partial charge in [0.05, 0.1) is 0 Å². The van der Waals surface area contributed by atoms with Crippen LogP contribution in [-0.4, -0.2) is 72.3 Å².